The molecule has 0 aliphatic carbocycles. The van der Waals surface area contributed by atoms with Gasteiger partial charge in [-0.1, -0.05) is 13.8 Å². The molecule has 2 N–H and O–H groups in total. The van der Waals surface area contributed by atoms with E-state index < -0.39 is 30.7 Å². The Morgan fingerprint density at radius 1 is 1.43 bits per heavy atom. The van der Waals surface area contributed by atoms with E-state index in [0.717, 1.165) is 4.68 Å². The quantitative estimate of drug-likeness (QED) is 0.822. The number of alkyl halides is 3. The first-order valence-electron chi connectivity index (χ1n) is 6.32. The molecule has 1 aromatic rings. The number of amides is 1. The summed E-state index contributed by atoms with van der Waals surface area (Å²) in [7, 11) is 0. The molecule has 1 aromatic heterocycles. The number of anilines is 1. The summed E-state index contributed by atoms with van der Waals surface area (Å²) in [4.78, 5) is 23.0. The molecule has 1 amide bonds. The van der Waals surface area contributed by atoms with E-state index in [1.165, 1.54) is 12.3 Å². The highest BCUT2D eigenvalue weighted by Gasteiger charge is 2.27. The van der Waals surface area contributed by atoms with Crippen molar-refractivity contribution in [2.45, 2.75) is 26.6 Å². The van der Waals surface area contributed by atoms with Gasteiger partial charge in [-0.05, 0) is 5.92 Å². The Labute approximate surface area is 119 Å². The first-order valence-corrected chi connectivity index (χ1v) is 6.32. The van der Waals surface area contributed by atoms with Gasteiger partial charge in [-0.15, -0.1) is 0 Å². The van der Waals surface area contributed by atoms with Crippen molar-refractivity contribution in [2.75, 3.05) is 18.4 Å². The number of hydrogen-bond acceptors (Lipinski definition) is 4. The Balaban J connectivity index is 2.60. The van der Waals surface area contributed by atoms with E-state index in [4.69, 9.17) is 0 Å². The van der Waals surface area contributed by atoms with Crippen molar-refractivity contribution in [3.8, 4) is 0 Å². The van der Waals surface area contributed by atoms with Crippen LogP contribution in [0.25, 0.3) is 0 Å². The molecule has 1 heterocycles. The van der Waals surface area contributed by atoms with Crippen molar-refractivity contribution in [3.05, 3.63) is 22.6 Å². The Hall–Kier alpha value is -2.06. The van der Waals surface area contributed by atoms with E-state index in [2.05, 4.69) is 10.4 Å². The third-order valence-corrected chi connectivity index (χ3v) is 2.36. The zero-order valence-corrected chi connectivity index (χ0v) is 11.7. The SMILES string of the molecule is CC(C)CNc1cnn(CC(=O)NCC(F)(F)F)c(=O)c1. The van der Waals surface area contributed by atoms with Crippen molar-refractivity contribution < 1.29 is 18.0 Å². The summed E-state index contributed by atoms with van der Waals surface area (Å²) in [5.74, 6) is -0.551. The minimum atomic E-state index is -4.49. The number of aromatic nitrogens is 2. The van der Waals surface area contributed by atoms with Crippen LogP contribution in [-0.4, -0.2) is 35.0 Å². The molecular weight excluding hydrogens is 289 g/mol. The zero-order valence-electron chi connectivity index (χ0n) is 11.7. The largest absolute Gasteiger partial charge is 0.405 e. The highest BCUT2D eigenvalue weighted by Crippen LogP contribution is 2.12. The average Bonchev–Trinajstić information content (AvgIpc) is 2.36. The Morgan fingerprint density at radius 2 is 2.10 bits per heavy atom. The lowest BCUT2D eigenvalue weighted by Crippen LogP contribution is -2.38. The molecule has 0 saturated heterocycles. The van der Waals surface area contributed by atoms with Gasteiger partial charge in [0, 0.05) is 12.6 Å². The van der Waals surface area contributed by atoms with Crippen LogP contribution in [0.3, 0.4) is 0 Å². The van der Waals surface area contributed by atoms with Gasteiger partial charge in [-0.25, -0.2) is 4.68 Å². The predicted octanol–water partition coefficient (Wildman–Crippen LogP) is 0.990. The Kier molecular flexibility index (Phi) is 5.74. The van der Waals surface area contributed by atoms with Crippen molar-refractivity contribution >= 4 is 11.6 Å². The zero-order chi connectivity index (χ0) is 16.0. The number of rotatable bonds is 6. The van der Waals surface area contributed by atoms with Gasteiger partial charge in [-0.2, -0.15) is 18.3 Å². The molecule has 0 fully saturated rings. The van der Waals surface area contributed by atoms with Crippen LogP contribution in [0, 0.1) is 5.92 Å². The fourth-order valence-electron chi connectivity index (χ4n) is 1.36. The molecule has 0 aliphatic heterocycles. The molecule has 0 aromatic carbocycles. The fraction of sp³-hybridized carbons (Fsp3) is 0.583. The third kappa shape index (κ3) is 6.77. The van der Waals surface area contributed by atoms with Gasteiger partial charge in [0.25, 0.3) is 5.56 Å². The minimum absolute atomic E-state index is 0.376. The highest BCUT2D eigenvalue weighted by molar-refractivity contribution is 5.75. The van der Waals surface area contributed by atoms with E-state index >= 15 is 0 Å². The van der Waals surface area contributed by atoms with Crippen LogP contribution in [0.4, 0.5) is 18.9 Å². The molecule has 0 atom stereocenters. The maximum Gasteiger partial charge on any atom is 0.405 e. The molecule has 118 valence electrons. The second-order valence-electron chi connectivity index (χ2n) is 4.91. The summed E-state index contributed by atoms with van der Waals surface area (Å²) in [6, 6.07) is 1.24. The topological polar surface area (TPSA) is 76.0 Å². The number of carbonyl (C=O) groups is 1. The maximum atomic E-state index is 11.9. The first kappa shape index (κ1) is 17.0. The van der Waals surface area contributed by atoms with Gasteiger partial charge in [-0.3, -0.25) is 9.59 Å². The van der Waals surface area contributed by atoms with Crippen LogP contribution >= 0.6 is 0 Å². The summed E-state index contributed by atoms with van der Waals surface area (Å²) in [5.41, 5.74) is -0.0634. The summed E-state index contributed by atoms with van der Waals surface area (Å²) in [6.45, 7) is 2.64. The predicted molar refractivity (Wildman–Crippen MR) is 70.9 cm³/mol. The molecular formula is C12H17F3N4O2. The van der Waals surface area contributed by atoms with Crippen molar-refractivity contribution in [1.82, 2.24) is 15.1 Å². The van der Waals surface area contributed by atoms with Crippen LogP contribution < -0.4 is 16.2 Å². The van der Waals surface area contributed by atoms with Gasteiger partial charge in [0.1, 0.15) is 13.1 Å². The Bertz CT molecular complexity index is 540. The standard InChI is InChI=1S/C12H17F3N4O2/c1-8(2)4-16-9-3-11(21)19(18-5-9)6-10(20)17-7-12(13,14)15/h3,5,8,16H,4,6-7H2,1-2H3,(H,17,20). The molecule has 0 saturated carbocycles. The van der Waals surface area contributed by atoms with E-state index in [0.29, 0.717) is 18.2 Å². The molecule has 9 heteroatoms. The van der Waals surface area contributed by atoms with Crippen molar-refractivity contribution in [3.63, 3.8) is 0 Å². The number of nitrogens with zero attached hydrogens (tertiary/aromatic N) is 2. The number of carbonyl (C=O) groups excluding carboxylic acids is 1. The minimum Gasteiger partial charge on any atom is -0.383 e. The van der Waals surface area contributed by atoms with Gasteiger partial charge in [0.2, 0.25) is 5.91 Å². The molecule has 0 aliphatic rings. The lowest BCUT2D eigenvalue weighted by Gasteiger charge is -2.10. The molecule has 0 spiro atoms. The summed E-state index contributed by atoms with van der Waals surface area (Å²) in [6.07, 6.45) is -3.14. The number of nitrogens with one attached hydrogen (secondary N) is 2. The summed E-state index contributed by atoms with van der Waals surface area (Å²) >= 11 is 0. The summed E-state index contributed by atoms with van der Waals surface area (Å²) in [5, 5.41) is 8.40. The normalized spacial score (nSPS) is 11.5. The fourth-order valence-corrected chi connectivity index (χ4v) is 1.36. The number of hydrogen-bond donors (Lipinski definition) is 2. The third-order valence-electron chi connectivity index (χ3n) is 2.36. The second-order valence-corrected chi connectivity index (χ2v) is 4.91. The monoisotopic (exact) mass is 306 g/mol. The van der Waals surface area contributed by atoms with Gasteiger partial charge < -0.3 is 10.6 Å². The van der Waals surface area contributed by atoms with Crippen molar-refractivity contribution in [1.29, 1.82) is 0 Å². The van der Waals surface area contributed by atoms with E-state index in [1.807, 2.05) is 13.8 Å². The van der Waals surface area contributed by atoms with Crippen LogP contribution in [0.1, 0.15) is 13.8 Å². The van der Waals surface area contributed by atoms with E-state index in [1.54, 1.807) is 5.32 Å². The smallest absolute Gasteiger partial charge is 0.383 e. The molecule has 1 rings (SSSR count). The first-order chi connectivity index (χ1) is 9.67. The molecule has 0 radical (unpaired) electrons. The van der Waals surface area contributed by atoms with Crippen molar-refractivity contribution in [2.24, 2.45) is 5.92 Å². The second kappa shape index (κ2) is 7.09. The molecule has 0 bridgehead atoms. The lowest BCUT2D eigenvalue weighted by molar-refractivity contribution is -0.138. The Morgan fingerprint density at radius 3 is 2.62 bits per heavy atom. The lowest BCUT2D eigenvalue weighted by atomic mass is 10.2. The van der Waals surface area contributed by atoms with Gasteiger partial charge in [0.15, 0.2) is 0 Å². The molecule has 21 heavy (non-hydrogen) atoms. The average molecular weight is 306 g/mol. The van der Waals surface area contributed by atoms with E-state index in [9.17, 15) is 22.8 Å². The highest BCUT2D eigenvalue weighted by atomic mass is 19.4. The molecule has 6 nitrogen and oxygen atoms in total. The molecule has 0 unspecified atom stereocenters. The van der Waals surface area contributed by atoms with Gasteiger partial charge in [0.05, 0.1) is 11.9 Å². The maximum absolute atomic E-state index is 11.9. The van der Waals surface area contributed by atoms with Crippen LogP contribution in [0.15, 0.2) is 17.1 Å². The van der Waals surface area contributed by atoms with Crippen LogP contribution in [-0.2, 0) is 11.3 Å². The summed E-state index contributed by atoms with van der Waals surface area (Å²) < 4.78 is 36.6. The van der Waals surface area contributed by atoms with E-state index in [-0.39, 0.29) is 0 Å². The van der Waals surface area contributed by atoms with Crippen LogP contribution in [0.2, 0.25) is 0 Å². The number of halogens is 3. The van der Waals surface area contributed by atoms with Crippen LogP contribution in [0.5, 0.6) is 0 Å². The van der Waals surface area contributed by atoms with Gasteiger partial charge >= 0.3 is 6.18 Å².